The lowest BCUT2D eigenvalue weighted by molar-refractivity contribution is 0.427. The van der Waals surface area contributed by atoms with Crippen molar-refractivity contribution in [3.63, 3.8) is 0 Å². The van der Waals surface area contributed by atoms with Crippen molar-refractivity contribution in [1.82, 2.24) is 19.9 Å². The highest BCUT2D eigenvalue weighted by Gasteiger charge is 2.17. The number of fused-ring (bicyclic) bond motifs is 1. The van der Waals surface area contributed by atoms with Crippen molar-refractivity contribution in [1.29, 1.82) is 0 Å². The molecule has 5 nitrogen and oxygen atoms in total. The Morgan fingerprint density at radius 2 is 2.15 bits per heavy atom. The van der Waals surface area contributed by atoms with Gasteiger partial charge in [-0.25, -0.2) is 15.0 Å². The average molecular weight is 270 g/mol. The van der Waals surface area contributed by atoms with E-state index >= 15 is 0 Å². The molecule has 1 atom stereocenters. The van der Waals surface area contributed by atoms with Crippen LogP contribution in [0.4, 0.5) is 0 Å². The van der Waals surface area contributed by atoms with Gasteiger partial charge >= 0.3 is 0 Å². The quantitative estimate of drug-likeness (QED) is 0.763. The van der Waals surface area contributed by atoms with E-state index in [4.69, 9.17) is 4.42 Å². The molecule has 0 spiro atoms. The molecule has 20 heavy (non-hydrogen) atoms. The second-order valence-electron chi connectivity index (χ2n) is 4.92. The minimum Gasteiger partial charge on any atom is -0.439 e. The second kappa shape index (κ2) is 5.45. The van der Waals surface area contributed by atoms with Crippen LogP contribution in [0.2, 0.25) is 0 Å². The topological polar surface area (TPSA) is 67.6 Å². The minimum atomic E-state index is 0.386. The van der Waals surface area contributed by atoms with Crippen molar-refractivity contribution >= 4 is 11.0 Å². The van der Waals surface area contributed by atoms with Gasteiger partial charge < -0.3 is 9.40 Å². The summed E-state index contributed by atoms with van der Waals surface area (Å²) in [5.74, 6) is 1.91. The first-order valence-corrected chi connectivity index (χ1v) is 7.07. The summed E-state index contributed by atoms with van der Waals surface area (Å²) in [6, 6.07) is 1.95. The molecule has 0 saturated carbocycles. The predicted molar refractivity (Wildman–Crippen MR) is 77.3 cm³/mol. The zero-order chi connectivity index (χ0) is 13.9. The number of rotatable bonds is 5. The lowest BCUT2D eigenvalue weighted by Gasteiger charge is -2.08. The Balaban J connectivity index is 1.99. The van der Waals surface area contributed by atoms with Gasteiger partial charge in [0.2, 0.25) is 0 Å². The number of nitrogens with zero attached hydrogens (tertiary/aromatic N) is 3. The summed E-state index contributed by atoms with van der Waals surface area (Å²) >= 11 is 0. The maximum absolute atomic E-state index is 5.94. The number of aromatic amines is 1. The van der Waals surface area contributed by atoms with E-state index < -0.39 is 0 Å². The van der Waals surface area contributed by atoms with Crippen LogP contribution in [0, 0.1) is 0 Å². The first-order valence-electron chi connectivity index (χ1n) is 7.07. The van der Waals surface area contributed by atoms with Crippen LogP contribution in [0.15, 0.2) is 29.2 Å². The molecule has 0 amide bonds. The zero-order valence-electron chi connectivity index (χ0n) is 11.8. The van der Waals surface area contributed by atoms with Gasteiger partial charge in [-0.2, -0.15) is 0 Å². The third-order valence-electron chi connectivity index (χ3n) is 3.59. The molecule has 104 valence electrons. The molecule has 5 heteroatoms. The number of oxazole rings is 1. The van der Waals surface area contributed by atoms with Gasteiger partial charge in [0.1, 0.15) is 17.7 Å². The van der Waals surface area contributed by atoms with Gasteiger partial charge in [-0.05, 0) is 18.9 Å². The Morgan fingerprint density at radius 3 is 2.95 bits per heavy atom. The van der Waals surface area contributed by atoms with Crippen LogP contribution in [0.25, 0.3) is 22.5 Å². The summed E-state index contributed by atoms with van der Waals surface area (Å²) in [5.41, 5.74) is 1.61. The molecule has 0 aliphatic carbocycles. The van der Waals surface area contributed by atoms with E-state index in [9.17, 15) is 0 Å². The lowest BCUT2D eigenvalue weighted by atomic mass is 10.0. The normalized spacial score (nSPS) is 12.9. The summed E-state index contributed by atoms with van der Waals surface area (Å²) in [7, 11) is 0. The third kappa shape index (κ3) is 2.19. The van der Waals surface area contributed by atoms with Crippen LogP contribution in [-0.4, -0.2) is 19.9 Å². The summed E-state index contributed by atoms with van der Waals surface area (Å²) in [5, 5.41) is 0.957. The monoisotopic (exact) mass is 270 g/mol. The van der Waals surface area contributed by atoms with Crippen molar-refractivity contribution in [2.45, 2.75) is 39.0 Å². The fraction of sp³-hybridized carbons (Fsp3) is 0.400. The Labute approximate surface area is 117 Å². The number of hydrogen-bond donors (Lipinski definition) is 1. The molecule has 3 rings (SSSR count). The minimum absolute atomic E-state index is 0.386. The Hall–Kier alpha value is -2.17. The van der Waals surface area contributed by atoms with Crippen LogP contribution in [-0.2, 0) is 0 Å². The molecule has 0 saturated heterocycles. The number of aromatic nitrogens is 4. The molecule has 1 unspecified atom stereocenters. The van der Waals surface area contributed by atoms with E-state index in [1.807, 2.05) is 12.3 Å². The van der Waals surface area contributed by atoms with Crippen LogP contribution >= 0.6 is 0 Å². The van der Waals surface area contributed by atoms with Crippen LogP contribution in [0.3, 0.4) is 0 Å². The molecule has 3 heterocycles. The summed E-state index contributed by atoms with van der Waals surface area (Å²) in [6.45, 7) is 4.35. The maximum Gasteiger partial charge on any atom is 0.198 e. The first kappa shape index (κ1) is 12.8. The molecule has 0 radical (unpaired) electrons. The van der Waals surface area contributed by atoms with E-state index in [0.717, 1.165) is 41.9 Å². The maximum atomic E-state index is 5.94. The van der Waals surface area contributed by atoms with Crippen molar-refractivity contribution in [2.24, 2.45) is 0 Å². The van der Waals surface area contributed by atoms with Gasteiger partial charge in [-0.1, -0.05) is 20.3 Å². The van der Waals surface area contributed by atoms with E-state index in [-0.39, 0.29) is 0 Å². The van der Waals surface area contributed by atoms with Gasteiger partial charge in [-0.15, -0.1) is 0 Å². The zero-order valence-corrected chi connectivity index (χ0v) is 11.8. The molecule has 0 bridgehead atoms. The molecule has 3 aromatic rings. The molecular weight excluding hydrogens is 252 g/mol. The largest absolute Gasteiger partial charge is 0.439 e. The first-order chi connectivity index (χ1) is 9.83. The van der Waals surface area contributed by atoms with Crippen LogP contribution in [0.1, 0.15) is 44.9 Å². The van der Waals surface area contributed by atoms with Crippen molar-refractivity contribution in [3.05, 3.63) is 30.7 Å². The highest BCUT2D eigenvalue weighted by atomic mass is 16.4. The second-order valence-corrected chi connectivity index (χ2v) is 4.92. The molecular formula is C15H18N4O. The Bertz CT molecular complexity index is 701. The van der Waals surface area contributed by atoms with Crippen molar-refractivity contribution < 1.29 is 4.42 Å². The SMILES string of the molecule is CCCC(CC)c1ncc(-c2ncnc3[nH]ccc23)o1. The Kier molecular flexibility index (Phi) is 3.50. The van der Waals surface area contributed by atoms with Gasteiger partial charge in [-0.3, -0.25) is 0 Å². The van der Waals surface area contributed by atoms with Crippen molar-refractivity contribution in [2.75, 3.05) is 0 Å². The van der Waals surface area contributed by atoms with Gasteiger partial charge in [0.15, 0.2) is 11.7 Å². The third-order valence-corrected chi connectivity index (χ3v) is 3.59. The molecule has 0 fully saturated rings. The summed E-state index contributed by atoms with van der Waals surface area (Å²) in [4.78, 5) is 16.0. The lowest BCUT2D eigenvalue weighted by Crippen LogP contribution is -1.96. The van der Waals surface area contributed by atoms with E-state index in [1.54, 1.807) is 12.5 Å². The van der Waals surface area contributed by atoms with Gasteiger partial charge in [0, 0.05) is 17.5 Å². The Morgan fingerprint density at radius 1 is 1.25 bits per heavy atom. The fourth-order valence-corrected chi connectivity index (χ4v) is 2.51. The fourth-order valence-electron chi connectivity index (χ4n) is 2.51. The summed E-state index contributed by atoms with van der Waals surface area (Å²) in [6.07, 6.45) is 8.43. The predicted octanol–water partition coefficient (Wildman–Crippen LogP) is 3.91. The van der Waals surface area contributed by atoms with E-state index in [1.165, 1.54) is 0 Å². The van der Waals surface area contributed by atoms with Gasteiger partial charge in [0.05, 0.1) is 6.20 Å². The van der Waals surface area contributed by atoms with E-state index in [0.29, 0.717) is 11.7 Å². The smallest absolute Gasteiger partial charge is 0.198 e. The molecule has 1 N–H and O–H groups in total. The van der Waals surface area contributed by atoms with Gasteiger partial charge in [0.25, 0.3) is 0 Å². The average Bonchev–Trinajstić information content (AvgIpc) is 3.12. The molecule has 0 aliphatic heterocycles. The number of nitrogens with one attached hydrogen (secondary N) is 1. The molecule has 0 aliphatic rings. The summed E-state index contributed by atoms with van der Waals surface area (Å²) < 4.78 is 5.94. The standard InChI is InChI=1S/C15H18N4O/c1-3-5-10(4-2)15-17-8-12(20-15)13-11-6-7-16-14(11)19-9-18-13/h6-10H,3-5H2,1-2H3,(H,16,18,19). The highest BCUT2D eigenvalue weighted by Crippen LogP contribution is 2.30. The number of hydrogen-bond acceptors (Lipinski definition) is 4. The van der Waals surface area contributed by atoms with E-state index in [2.05, 4.69) is 33.8 Å². The van der Waals surface area contributed by atoms with Crippen LogP contribution < -0.4 is 0 Å². The van der Waals surface area contributed by atoms with Crippen LogP contribution in [0.5, 0.6) is 0 Å². The van der Waals surface area contributed by atoms with Crippen molar-refractivity contribution in [3.8, 4) is 11.5 Å². The highest BCUT2D eigenvalue weighted by molar-refractivity contribution is 5.88. The molecule has 0 aromatic carbocycles. The number of H-pyrrole nitrogens is 1. The molecule has 3 aromatic heterocycles.